The van der Waals surface area contributed by atoms with Gasteiger partial charge in [0.1, 0.15) is 0 Å². The van der Waals surface area contributed by atoms with Crippen LogP contribution in [0.2, 0.25) is 0 Å². The molecule has 76 valence electrons. The summed E-state index contributed by atoms with van der Waals surface area (Å²) in [5.74, 6) is 0.374. The predicted molar refractivity (Wildman–Crippen MR) is 60.1 cm³/mol. The molecule has 1 nitrogen and oxygen atoms in total. The van der Waals surface area contributed by atoms with E-state index in [1.54, 1.807) is 11.3 Å². The van der Waals surface area contributed by atoms with Gasteiger partial charge in [-0.15, -0.1) is 11.3 Å². The zero-order valence-corrected chi connectivity index (χ0v) is 9.83. The minimum atomic E-state index is -0.0936. The second kappa shape index (κ2) is 3.20. The highest BCUT2D eigenvalue weighted by atomic mass is 32.1. The average Bonchev–Trinajstić information content (AvgIpc) is 2.53. The zero-order valence-electron chi connectivity index (χ0n) is 9.02. The Bertz CT molecular complexity index is 378. The van der Waals surface area contributed by atoms with Gasteiger partial charge in [-0.1, -0.05) is 20.3 Å². The quantitative estimate of drug-likeness (QED) is 0.725. The number of fused-ring (bicyclic) bond motifs is 1. The molecule has 1 atom stereocenters. The summed E-state index contributed by atoms with van der Waals surface area (Å²) in [6.45, 7) is 6.34. The topological polar surface area (TPSA) is 17.1 Å². The number of carbonyl (C=O) groups excluding carboxylic acids is 1. The highest BCUT2D eigenvalue weighted by Crippen LogP contribution is 2.43. The van der Waals surface area contributed by atoms with Crippen LogP contribution in [0.15, 0.2) is 6.07 Å². The Kier molecular flexibility index (Phi) is 2.26. The summed E-state index contributed by atoms with van der Waals surface area (Å²) in [7, 11) is 0. The number of Topliss-reactive ketones (excluding diaryl/α,β-unsaturated/α-hetero) is 1. The van der Waals surface area contributed by atoms with Gasteiger partial charge in [0, 0.05) is 20.7 Å². The van der Waals surface area contributed by atoms with Crippen LogP contribution in [0.25, 0.3) is 0 Å². The van der Waals surface area contributed by atoms with Crippen LogP contribution in [-0.2, 0) is 6.42 Å². The Morgan fingerprint density at radius 1 is 1.57 bits per heavy atom. The van der Waals surface area contributed by atoms with Crippen LogP contribution in [0, 0.1) is 12.3 Å². The molecule has 1 aliphatic carbocycles. The van der Waals surface area contributed by atoms with Crippen molar-refractivity contribution in [2.24, 2.45) is 5.41 Å². The Morgan fingerprint density at radius 3 is 2.86 bits per heavy atom. The zero-order chi connectivity index (χ0) is 10.3. The molecule has 0 bridgehead atoms. The SMILES string of the molecule is CCCC1(C)Cc2sc(C)cc2C1=O. The molecule has 0 aliphatic heterocycles. The molecular formula is C12H16OS. The van der Waals surface area contributed by atoms with Crippen LogP contribution in [-0.4, -0.2) is 5.78 Å². The Morgan fingerprint density at radius 2 is 2.29 bits per heavy atom. The minimum Gasteiger partial charge on any atom is -0.294 e. The summed E-state index contributed by atoms with van der Waals surface area (Å²) >= 11 is 1.79. The molecule has 0 amide bonds. The number of aryl methyl sites for hydroxylation is 1. The van der Waals surface area contributed by atoms with Gasteiger partial charge in [-0.2, -0.15) is 0 Å². The number of rotatable bonds is 2. The van der Waals surface area contributed by atoms with Crippen LogP contribution >= 0.6 is 11.3 Å². The van der Waals surface area contributed by atoms with E-state index in [0.717, 1.165) is 24.8 Å². The molecule has 1 unspecified atom stereocenters. The fourth-order valence-corrected chi connectivity index (χ4v) is 3.62. The van der Waals surface area contributed by atoms with Crippen molar-refractivity contribution in [3.8, 4) is 0 Å². The van der Waals surface area contributed by atoms with Crippen molar-refractivity contribution >= 4 is 17.1 Å². The largest absolute Gasteiger partial charge is 0.294 e. The lowest BCUT2D eigenvalue weighted by Gasteiger charge is -2.20. The maximum Gasteiger partial charge on any atom is 0.170 e. The molecule has 1 aromatic heterocycles. The van der Waals surface area contributed by atoms with E-state index in [-0.39, 0.29) is 5.41 Å². The van der Waals surface area contributed by atoms with Gasteiger partial charge in [0.15, 0.2) is 5.78 Å². The maximum absolute atomic E-state index is 12.1. The molecule has 14 heavy (non-hydrogen) atoms. The van der Waals surface area contributed by atoms with Gasteiger partial charge in [-0.05, 0) is 25.8 Å². The third-order valence-corrected chi connectivity index (χ3v) is 4.13. The molecule has 1 heterocycles. The van der Waals surface area contributed by atoms with Crippen LogP contribution < -0.4 is 0 Å². The second-order valence-corrected chi connectivity index (χ2v) is 5.85. The molecule has 2 heteroatoms. The van der Waals surface area contributed by atoms with Crippen molar-refractivity contribution < 1.29 is 4.79 Å². The number of thiophene rings is 1. The number of hydrogen-bond acceptors (Lipinski definition) is 2. The van der Waals surface area contributed by atoms with Gasteiger partial charge in [0.25, 0.3) is 0 Å². The maximum atomic E-state index is 12.1. The Balaban J connectivity index is 2.35. The van der Waals surface area contributed by atoms with E-state index < -0.39 is 0 Å². The molecule has 0 saturated heterocycles. The van der Waals surface area contributed by atoms with Gasteiger partial charge >= 0.3 is 0 Å². The number of hydrogen-bond donors (Lipinski definition) is 0. The van der Waals surface area contributed by atoms with Crippen molar-refractivity contribution in [1.29, 1.82) is 0 Å². The summed E-state index contributed by atoms with van der Waals surface area (Å²) in [6.07, 6.45) is 3.08. The fourth-order valence-electron chi connectivity index (χ4n) is 2.40. The summed E-state index contributed by atoms with van der Waals surface area (Å²) in [6, 6.07) is 2.06. The van der Waals surface area contributed by atoms with Crippen molar-refractivity contribution in [3.63, 3.8) is 0 Å². The molecular weight excluding hydrogens is 192 g/mol. The lowest BCUT2D eigenvalue weighted by atomic mass is 9.82. The molecule has 1 aromatic rings. The number of carbonyl (C=O) groups is 1. The van der Waals surface area contributed by atoms with Crippen LogP contribution in [0.1, 0.15) is 46.8 Å². The normalized spacial score (nSPS) is 25.5. The summed E-state index contributed by atoms with van der Waals surface area (Å²) in [5, 5.41) is 0. The minimum absolute atomic E-state index is 0.0936. The molecule has 0 N–H and O–H groups in total. The second-order valence-electron chi connectivity index (χ2n) is 4.51. The van der Waals surface area contributed by atoms with Crippen LogP contribution in [0.5, 0.6) is 0 Å². The van der Waals surface area contributed by atoms with Crippen molar-refractivity contribution in [1.82, 2.24) is 0 Å². The summed E-state index contributed by atoms with van der Waals surface area (Å²) in [4.78, 5) is 14.7. The average molecular weight is 208 g/mol. The lowest BCUT2D eigenvalue weighted by molar-refractivity contribution is 0.0829. The smallest absolute Gasteiger partial charge is 0.170 e. The monoisotopic (exact) mass is 208 g/mol. The van der Waals surface area contributed by atoms with E-state index in [4.69, 9.17) is 0 Å². The van der Waals surface area contributed by atoms with Crippen molar-refractivity contribution in [2.75, 3.05) is 0 Å². The first kappa shape index (κ1) is 9.91. The van der Waals surface area contributed by atoms with Gasteiger partial charge < -0.3 is 0 Å². The van der Waals surface area contributed by atoms with Crippen LogP contribution in [0.3, 0.4) is 0 Å². The highest BCUT2D eigenvalue weighted by Gasteiger charge is 2.41. The molecule has 0 spiro atoms. The van der Waals surface area contributed by atoms with Gasteiger partial charge in [0.05, 0.1) is 0 Å². The first-order valence-electron chi connectivity index (χ1n) is 5.21. The summed E-state index contributed by atoms with van der Waals surface area (Å²) < 4.78 is 0. The molecule has 0 saturated carbocycles. The highest BCUT2D eigenvalue weighted by molar-refractivity contribution is 7.12. The molecule has 0 aromatic carbocycles. The standard InChI is InChI=1S/C12H16OS/c1-4-5-12(3)7-10-9(11(12)13)6-8(2)14-10/h6H,4-5,7H2,1-3H3. The van der Waals surface area contributed by atoms with E-state index >= 15 is 0 Å². The van der Waals surface area contributed by atoms with Gasteiger partial charge in [-0.3, -0.25) is 4.79 Å². The molecule has 0 radical (unpaired) electrons. The van der Waals surface area contributed by atoms with Crippen LogP contribution in [0.4, 0.5) is 0 Å². The summed E-state index contributed by atoms with van der Waals surface area (Å²) in [5.41, 5.74) is 0.910. The molecule has 0 fully saturated rings. The first-order valence-corrected chi connectivity index (χ1v) is 6.02. The first-order chi connectivity index (χ1) is 6.57. The van der Waals surface area contributed by atoms with Gasteiger partial charge in [0.2, 0.25) is 0 Å². The van der Waals surface area contributed by atoms with E-state index in [9.17, 15) is 4.79 Å². The molecule has 1 aliphatic rings. The Labute approximate surface area is 89.1 Å². The van der Waals surface area contributed by atoms with E-state index in [1.165, 1.54) is 9.75 Å². The van der Waals surface area contributed by atoms with E-state index in [1.807, 2.05) is 0 Å². The predicted octanol–water partition coefficient (Wildman–Crippen LogP) is 3.60. The van der Waals surface area contributed by atoms with E-state index in [2.05, 4.69) is 26.8 Å². The van der Waals surface area contributed by atoms with Crippen molar-refractivity contribution in [3.05, 3.63) is 21.4 Å². The molecule has 2 rings (SSSR count). The van der Waals surface area contributed by atoms with Crippen molar-refractivity contribution in [2.45, 2.75) is 40.0 Å². The third-order valence-electron chi connectivity index (χ3n) is 3.08. The Hall–Kier alpha value is -0.630. The third kappa shape index (κ3) is 1.33. The fraction of sp³-hybridized carbons (Fsp3) is 0.583. The van der Waals surface area contributed by atoms with Gasteiger partial charge in [-0.25, -0.2) is 0 Å². The lowest BCUT2D eigenvalue weighted by Crippen LogP contribution is -2.23. The van der Waals surface area contributed by atoms with E-state index in [0.29, 0.717) is 5.78 Å². The number of ketones is 1.